The number of imidazole rings is 1. The summed E-state index contributed by atoms with van der Waals surface area (Å²) in [6, 6.07) is 24.8. The summed E-state index contributed by atoms with van der Waals surface area (Å²) in [5, 5.41) is 5.60. The third kappa shape index (κ3) is 6.47. The molecule has 3 aliphatic rings. The minimum Gasteiger partial charge on any atom is -0.465 e. The predicted octanol–water partition coefficient (Wildman–Crippen LogP) is 10.1. The molecule has 6 aromatic rings. The number of piperazine rings is 1. The molecule has 1 saturated carbocycles. The molecule has 4 aromatic carbocycles. The van der Waals surface area contributed by atoms with E-state index in [0.29, 0.717) is 49.1 Å². The van der Waals surface area contributed by atoms with Gasteiger partial charge in [0.15, 0.2) is 0 Å². The van der Waals surface area contributed by atoms with E-state index in [1.165, 1.54) is 39.2 Å². The van der Waals surface area contributed by atoms with E-state index in [0.717, 1.165) is 65.3 Å². The smallest absolute Gasteiger partial charge is 0.337 e. The minimum atomic E-state index is -0.479. The lowest BCUT2D eigenvalue weighted by atomic mass is 9.87. The summed E-state index contributed by atoms with van der Waals surface area (Å²) in [7, 11) is 1.36. The average Bonchev–Trinajstić information content (AvgIpc) is 3.82. The molecule has 2 aliphatic heterocycles. The molecule has 1 unspecified atom stereocenters. The van der Waals surface area contributed by atoms with E-state index in [2.05, 4.69) is 24.7 Å². The first-order valence-corrected chi connectivity index (χ1v) is 19.9. The molecule has 12 heteroatoms. The number of methoxy groups -OCH3 is 1. The van der Waals surface area contributed by atoms with Crippen molar-refractivity contribution in [3.8, 4) is 22.5 Å². The van der Waals surface area contributed by atoms with E-state index in [9.17, 15) is 9.59 Å². The number of anilines is 2. The van der Waals surface area contributed by atoms with Crippen LogP contribution < -0.4 is 10.2 Å². The first kappa shape index (κ1) is 35.9. The van der Waals surface area contributed by atoms with Crippen LogP contribution in [-0.4, -0.2) is 70.6 Å². The fourth-order valence-corrected chi connectivity index (χ4v) is 9.61. The van der Waals surface area contributed by atoms with E-state index in [1.807, 2.05) is 60.7 Å². The van der Waals surface area contributed by atoms with Crippen molar-refractivity contribution in [3.63, 3.8) is 0 Å². The van der Waals surface area contributed by atoms with Crippen LogP contribution in [0.1, 0.15) is 70.1 Å². The molecule has 1 amide bonds. The van der Waals surface area contributed by atoms with E-state index < -0.39 is 12.0 Å². The van der Waals surface area contributed by atoms with Crippen molar-refractivity contribution in [3.05, 3.63) is 123 Å². The fraction of sp³-hybridized carbons (Fsp3) is 0.279. The number of H-pyrrole nitrogens is 1. The Morgan fingerprint density at radius 3 is 2.38 bits per heavy atom. The molecule has 2 aromatic heterocycles. The van der Waals surface area contributed by atoms with E-state index in [4.69, 9.17) is 44.5 Å². The van der Waals surface area contributed by atoms with Crippen molar-refractivity contribution in [1.29, 1.82) is 0 Å². The Bertz CT molecular complexity index is 2450. The largest absolute Gasteiger partial charge is 0.465 e. The van der Waals surface area contributed by atoms with Crippen molar-refractivity contribution in [1.82, 2.24) is 19.4 Å². The average molecular weight is 794 g/mol. The molecule has 9 rings (SSSR count). The highest BCUT2D eigenvalue weighted by molar-refractivity contribution is 6.35. The van der Waals surface area contributed by atoms with Crippen LogP contribution >= 0.6 is 34.8 Å². The summed E-state index contributed by atoms with van der Waals surface area (Å²) in [6.45, 7) is 3.50. The van der Waals surface area contributed by atoms with Gasteiger partial charge in [-0.2, -0.15) is 0 Å². The maximum absolute atomic E-state index is 14.9. The number of aromatic amines is 1. The second kappa shape index (κ2) is 14.7. The van der Waals surface area contributed by atoms with Gasteiger partial charge in [0.05, 0.1) is 47.8 Å². The number of fused-ring (bicyclic) bond motifs is 2. The van der Waals surface area contributed by atoms with Gasteiger partial charge in [-0.25, -0.2) is 9.78 Å². The molecule has 55 heavy (non-hydrogen) atoms. The molecule has 1 aliphatic carbocycles. The van der Waals surface area contributed by atoms with Crippen molar-refractivity contribution < 1.29 is 14.3 Å². The third-order valence-corrected chi connectivity index (χ3v) is 12.2. The number of hydrogen-bond acceptors (Lipinski definition) is 6. The van der Waals surface area contributed by atoms with E-state index in [1.54, 1.807) is 24.5 Å². The molecule has 2 N–H and O–H groups in total. The number of esters is 1. The topological polar surface area (TPSA) is 95.5 Å². The number of nitrogens with one attached hydrogen (secondary N) is 2. The third-order valence-electron chi connectivity index (χ3n) is 11.4. The Morgan fingerprint density at radius 1 is 0.855 bits per heavy atom. The zero-order valence-electron chi connectivity index (χ0n) is 30.2. The predicted molar refractivity (Wildman–Crippen MR) is 220 cm³/mol. The van der Waals surface area contributed by atoms with Crippen LogP contribution in [-0.2, 0) is 4.74 Å². The number of carbonyl (C=O) groups is 2. The van der Waals surface area contributed by atoms with Gasteiger partial charge in [-0.05, 0) is 66.4 Å². The highest BCUT2D eigenvalue weighted by Crippen LogP contribution is 2.51. The number of aromatic nitrogens is 3. The number of amides is 1. The van der Waals surface area contributed by atoms with Crippen molar-refractivity contribution >= 4 is 69.0 Å². The Hall–Kier alpha value is -4.80. The van der Waals surface area contributed by atoms with Gasteiger partial charge in [-0.1, -0.05) is 90.5 Å². The molecular formula is C43H39Cl3N6O3. The molecule has 1 atom stereocenters. The van der Waals surface area contributed by atoms with Crippen molar-refractivity contribution in [2.45, 2.75) is 44.2 Å². The van der Waals surface area contributed by atoms with Gasteiger partial charge in [0, 0.05) is 69.3 Å². The summed E-state index contributed by atoms with van der Waals surface area (Å²) in [5.41, 5.74) is 7.53. The molecule has 9 nitrogen and oxygen atoms in total. The summed E-state index contributed by atoms with van der Waals surface area (Å²) < 4.78 is 7.15. The van der Waals surface area contributed by atoms with Crippen molar-refractivity contribution in [2.24, 2.45) is 0 Å². The normalized spacial score (nSPS) is 17.3. The van der Waals surface area contributed by atoms with Gasteiger partial charge in [0.2, 0.25) is 0 Å². The highest BCUT2D eigenvalue weighted by Gasteiger charge is 2.37. The highest BCUT2D eigenvalue weighted by atomic mass is 35.5. The number of nitrogens with zero attached hydrogens (tertiary/aromatic N) is 4. The zero-order valence-corrected chi connectivity index (χ0v) is 32.5. The quantitative estimate of drug-likeness (QED) is 0.156. The van der Waals surface area contributed by atoms with Gasteiger partial charge in [-0.3, -0.25) is 9.69 Å². The number of benzene rings is 4. The maximum Gasteiger partial charge on any atom is 0.337 e. The Kier molecular flexibility index (Phi) is 9.58. The van der Waals surface area contributed by atoms with Crippen LogP contribution in [0.15, 0.2) is 85.2 Å². The molecule has 280 valence electrons. The molecule has 4 heterocycles. The van der Waals surface area contributed by atoms with Gasteiger partial charge in [0.25, 0.3) is 5.91 Å². The minimum absolute atomic E-state index is 0.342. The number of rotatable bonds is 7. The summed E-state index contributed by atoms with van der Waals surface area (Å²) in [5.74, 6) is -0.848. The van der Waals surface area contributed by atoms with Crippen LogP contribution in [0.4, 0.5) is 11.4 Å². The molecule has 0 bridgehead atoms. The van der Waals surface area contributed by atoms with Crippen molar-refractivity contribution in [2.75, 3.05) is 43.5 Å². The summed E-state index contributed by atoms with van der Waals surface area (Å²) in [6.07, 6.45) is 8.22. The van der Waals surface area contributed by atoms with Crippen LogP contribution in [0, 0.1) is 0 Å². The molecular weight excluding hydrogens is 755 g/mol. The van der Waals surface area contributed by atoms with Crippen LogP contribution in [0.2, 0.25) is 15.1 Å². The zero-order chi connectivity index (χ0) is 37.8. The lowest BCUT2D eigenvalue weighted by Gasteiger charge is -2.42. The van der Waals surface area contributed by atoms with Crippen LogP contribution in [0.5, 0.6) is 0 Å². The lowest BCUT2D eigenvalue weighted by molar-refractivity contribution is 0.0600. The fourth-order valence-electron chi connectivity index (χ4n) is 8.87. The second-order valence-corrected chi connectivity index (χ2v) is 15.8. The Labute approximate surface area is 334 Å². The molecule has 0 radical (unpaired) electrons. The maximum atomic E-state index is 14.9. The molecule has 0 spiro atoms. The van der Waals surface area contributed by atoms with E-state index in [-0.39, 0.29) is 5.91 Å². The number of carbonyl (C=O) groups excluding carboxylic acids is 2. The first-order valence-electron chi connectivity index (χ1n) is 18.7. The first-order chi connectivity index (χ1) is 26.8. The Morgan fingerprint density at radius 2 is 1.64 bits per heavy atom. The number of halogens is 3. The summed E-state index contributed by atoms with van der Waals surface area (Å²) >= 11 is 20.1. The number of ether oxygens (including phenoxy) is 1. The van der Waals surface area contributed by atoms with Gasteiger partial charge < -0.3 is 24.5 Å². The van der Waals surface area contributed by atoms with Gasteiger partial charge in [-0.15, -0.1) is 0 Å². The van der Waals surface area contributed by atoms with Gasteiger partial charge >= 0.3 is 5.97 Å². The van der Waals surface area contributed by atoms with Gasteiger partial charge in [0.1, 0.15) is 5.69 Å². The summed E-state index contributed by atoms with van der Waals surface area (Å²) in [4.78, 5) is 41.0. The van der Waals surface area contributed by atoms with Crippen LogP contribution in [0.25, 0.3) is 33.4 Å². The van der Waals surface area contributed by atoms with E-state index >= 15 is 0 Å². The molecule has 2 fully saturated rings. The monoisotopic (exact) mass is 792 g/mol. The molecule has 1 saturated heterocycles. The van der Waals surface area contributed by atoms with Crippen LogP contribution in [0.3, 0.4) is 0 Å². The standard InChI is InChI=1S/C43H39Cl3N6O3/c1-55-43(54)26-12-15-35(51-18-16-50(17-19-51)29-10-6-3-7-11-29)33(20-26)49-42(53)39-37-36-31(21-28(45)23-34(36)48-39)40(30-14-13-27(44)22-32(30)46)52-24-47-38(41(37)52)25-8-4-2-5-9-25/h2,4-5,8-9,12-15,20-24,29,40,48H,3,6-7,10-11,16-19H2,1H3,(H,49,53). The SMILES string of the molecule is COC(=O)c1ccc(N2CCN(C3CCCCC3)CC2)c(NC(=O)c2[nH]c3cc(Cl)cc4c3c2-c2c(-c3ccccc3)ncn2C4c2ccc(Cl)cc2Cl)c1. The number of hydrogen-bond donors (Lipinski definition) is 2. The Balaban J connectivity index is 1.16. The lowest BCUT2D eigenvalue weighted by Crippen LogP contribution is -2.51. The second-order valence-electron chi connectivity index (χ2n) is 14.6.